The lowest BCUT2D eigenvalue weighted by Gasteiger charge is -2.31. The molecule has 0 bridgehead atoms. The van der Waals surface area contributed by atoms with E-state index in [1.54, 1.807) is 25.2 Å². The van der Waals surface area contributed by atoms with Crippen LogP contribution in [0.2, 0.25) is 0 Å². The zero-order chi connectivity index (χ0) is 22.0. The smallest absolute Gasteiger partial charge is 0.322 e. The van der Waals surface area contributed by atoms with Gasteiger partial charge in [-0.1, -0.05) is 26.0 Å². The molecule has 0 radical (unpaired) electrons. The molecule has 2 aliphatic rings. The molecule has 1 unspecified atom stereocenters. The van der Waals surface area contributed by atoms with Crippen LogP contribution in [0.5, 0.6) is 11.5 Å². The average Bonchev–Trinajstić information content (AvgIpc) is 3.04. The van der Waals surface area contributed by atoms with Crippen molar-refractivity contribution in [3.63, 3.8) is 0 Å². The van der Waals surface area contributed by atoms with Gasteiger partial charge < -0.3 is 25.0 Å². The zero-order valence-electron chi connectivity index (χ0n) is 17.9. The molecule has 0 aromatic heterocycles. The summed E-state index contributed by atoms with van der Waals surface area (Å²) < 4.78 is 10.9. The second-order valence-corrected chi connectivity index (χ2v) is 7.74. The molecule has 1 aromatic carbocycles. The van der Waals surface area contributed by atoms with E-state index in [1.807, 2.05) is 13.8 Å². The summed E-state index contributed by atoms with van der Waals surface area (Å²) in [6.07, 6.45) is 0. The maximum absolute atomic E-state index is 13.2. The minimum atomic E-state index is -0.704. The van der Waals surface area contributed by atoms with Crippen LogP contribution in [-0.2, 0) is 9.59 Å². The Labute approximate surface area is 176 Å². The van der Waals surface area contributed by atoms with Crippen LogP contribution < -0.4 is 20.1 Å². The highest BCUT2D eigenvalue weighted by atomic mass is 16.5. The van der Waals surface area contributed by atoms with Crippen LogP contribution in [0, 0.1) is 5.92 Å². The first-order valence-electron chi connectivity index (χ1n) is 9.82. The highest BCUT2D eigenvalue weighted by Gasteiger charge is 2.44. The molecule has 2 heterocycles. The molecule has 2 N–H and O–H groups in total. The van der Waals surface area contributed by atoms with Gasteiger partial charge in [-0.15, -0.1) is 0 Å². The molecular formula is C21H28N4O5. The number of rotatable bonds is 7. The molecule has 0 fully saturated rings. The average molecular weight is 416 g/mol. The summed E-state index contributed by atoms with van der Waals surface area (Å²) in [5, 5.41) is 5.69. The molecule has 9 nitrogen and oxygen atoms in total. The van der Waals surface area contributed by atoms with E-state index in [-0.39, 0.29) is 30.9 Å². The van der Waals surface area contributed by atoms with E-state index >= 15 is 0 Å². The van der Waals surface area contributed by atoms with Crippen LogP contribution in [0.3, 0.4) is 0 Å². The number of carbonyl (C=O) groups excluding carboxylic acids is 3. The standard InChI is InChI=1S/C21H28N4O5/c1-12(2)9-22-16(26)11-25-10-14-17(20(25)27)18(23-21(28)24(14)3)13-7-6-8-15(29-4)19(13)30-5/h6-8,12,18H,9-11H2,1-5H3,(H,22,26)(H,23,28). The van der Waals surface area contributed by atoms with Crippen molar-refractivity contribution in [3.05, 3.63) is 35.0 Å². The van der Waals surface area contributed by atoms with Crippen molar-refractivity contribution >= 4 is 17.8 Å². The first-order valence-corrected chi connectivity index (χ1v) is 9.82. The molecule has 3 rings (SSSR count). The first-order chi connectivity index (χ1) is 14.3. The lowest BCUT2D eigenvalue weighted by Crippen LogP contribution is -2.45. The monoisotopic (exact) mass is 416 g/mol. The number of urea groups is 1. The van der Waals surface area contributed by atoms with Gasteiger partial charge in [0.25, 0.3) is 5.91 Å². The van der Waals surface area contributed by atoms with E-state index in [4.69, 9.17) is 9.47 Å². The van der Waals surface area contributed by atoms with Crippen molar-refractivity contribution in [2.24, 2.45) is 5.92 Å². The maximum Gasteiger partial charge on any atom is 0.322 e. The normalized spacial score (nSPS) is 18.5. The molecule has 30 heavy (non-hydrogen) atoms. The van der Waals surface area contributed by atoms with E-state index in [0.717, 1.165) is 0 Å². The zero-order valence-corrected chi connectivity index (χ0v) is 17.9. The van der Waals surface area contributed by atoms with Gasteiger partial charge in [-0.25, -0.2) is 4.79 Å². The fraction of sp³-hybridized carbons (Fsp3) is 0.476. The molecule has 0 saturated heterocycles. The molecule has 1 aromatic rings. The summed E-state index contributed by atoms with van der Waals surface area (Å²) in [4.78, 5) is 41.0. The van der Waals surface area contributed by atoms with Gasteiger partial charge in [0.05, 0.1) is 38.1 Å². The fourth-order valence-corrected chi connectivity index (χ4v) is 3.67. The lowest BCUT2D eigenvalue weighted by molar-refractivity contribution is -0.132. The third-order valence-electron chi connectivity index (χ3n) is 5.22. The van der Waals surface area contributed by atoms with Gasteiger partial charge in [0.15, 0.2) is 11.5 Å². The van der Waals surface area contributed by atoms with E-state index < -0.39 is 6.04 Å². The molecule has 0 spiro atoms. The SMILES string of the molecule is COc1cccc(C2NC(=O)N(C)C3=C2C(=O)N(CC(=O)NCC(C)C)C3)c1OC. The number of ether oxygens (including phenoxy) is 2. The highest BCUT2D eigenvalue weighted by molar-refractivity contribution is 6.03. The van der Waals surface area contributed by atoms with Crippen molar-refractivity contribution in [1.82, 2.24) is 20.4 Å². The summed E-state index contributed by atoms with van der Waals surface area (Å²) in [7, 11) is 4.65. The summed E-state index contributed by atoms with van der Waals surface area (Å²) in [6.45, 7) is 4.66. The largest absolute Gasteiger partial charge is 0.493 e. The summed E-state index contributed by atoms with van der Waals surface area (Å²) in [5.74, 6) is 0.747. The second-order valence-electron chi connectivity index (χ2n) is 7.74. The van der Waals surface area contributed by atoms with E-state index in [9.17, 15) is 14.4 Å². The van der Waals surface area contributed by atoms with Crippen molar-refractivity contribution < 1.29 is 23.9 Å². The maximum atomic E-state index is 13.2. The van der Waals surface area contributed by atoms with E-state index in [2.05, 4.69) is 10.6 Å². The Morgan fingerprint density at radius 3 is 2.63 bits per heavy atom. The summed E-state index contributed by atoms with van der Waals surface area (Å²) >= 11 is 0. The van der Waals surface area contributed by atoms with Crippen LogP contribution >= 0.6 is 0 Å². The third kappa shape index (κ3) is 3.92. The van der Waals surface area contributed by atoms with Gasteiger partial charge >= 0.3 is 6.03 Å². The van der Waals surface area contributed by atoms with Gasteiger partial charge in [0, 0.05) is 19.2 Å². The van der Waals surface area contributed by atoms with Gasteiger partial charge in [0.2, 0.25) is 5.91 Å². The number of hydrogen-bond donors (Lipinski definition) is 2. The number of likely N-dealkylation sites (N-methyl/N-ethyl adjacent to an activating group) is 1. The van der Waals surface area contributed by atoms with Crippen LogP contribution in [0.25, 0.3) is 0 Å². The van der Waals surface area contributed by atoms with Crippen LogP contribution in [0.4, 0.5) is 4.79 Å². The molecule has 2 aliphatic heterocycles. The molecule has 0 aliphatic carbocycles. The molecule has 4 amide bonds. The van der Waals surface area contributed by atoms with Crippen molar-refractivity contribution in [1.29, 1.82) is 0 Å². The number of benzene rings is 1. The van der Waals surface area contributed by atoms with Crippen LogP contribution in [0.1, 0.15) is 25.5 Å². The van der Waals surface area contributed by atoms with Gasteiger partial charge in [0.1, 0.15) is 6.54 Å². The molecule has 162 valence electrons. The van der Waals surface area contributed by atoms with Crippen LogP contribution in [0.15, 0.2) is 29.5 Å². The Morgan fingerprint density at radius 2 is 2.00 bits per heavy atom. The summed E-state index contributed by atoms with van der Waals surface area (Å²) in [5.41, 5.74) is 1.63. The van der Waals surface area contributed by atoms with Crippen molar-refractivity contribution in [2.75, 3.05) is 40.9 Å². The predicted octanol–water partition coefficient (Wildman–Crippen LogP) is 1.27. The Morgan fingerprint density at radius 1 is 1.27 bits per heavy atom. The number of carbonyl (C=O) groups is 3. The number of methoxy groups -OCH3 is 2. The number of amides is 4. The highest BCUT2D eigenvalue weighted by Crippen LogP contribution is 2.42. The lowest BCUT2D eigenvalue weighted by atomic mass is 9.94. The number of nitrogens with one attached hydrogen (secondary N) is 2. The Bertz CT molecular complexity index is 895. The van der Waals surface area contributed by atoms with E-state index in [0.29, 0.717) is 40.8 Å². The fourth-order valence-electron chi connectivity index (χ4n) is 3.67. The quantitative estimate of drug-likeness (QED) is 0.697. The molecule has 1 atom stereocenters. The van der Waals surface area contributed by atoms with Gasteiger partial charge in [-0.3, -0.25) is 14.5 Å². The Hall–Kier alpha value is -3.23. The predicted molar refractivity (Wildman–Crippen MR) is 110 cm³/mol. The minimum Gasteiger partial charge on any atom is -0.493 e. The Balaban J connectivity index is 1.92. The number of hydrogen-bond acceptors (Lipinski definition) is 5. The first kappa shape index (κ1) is 21.5. The molecule has 9 heteroatoms. The van der Waals surface area contributed by atoms with Gasteiger partial charge in [-0.05, 0) is 12.0 Å². The molecular weight excluding hydrogens is 388 g/mol. The molecule has 0 saturated carbocycles. The van der Waals surface area contributed by atoms with Crippen LogP contribution in [-0.4, -0.2) is 68.5 Å². The minimum absolute atomic E-state index is 0.0669. The number of nitrogens with zero attached hydrogens (tertiary/aromatic N) is 2. The van der Waals surface area contributed by atoms with E-state index in [1.165, 1.54) is 24.0 Å². The summed E-state index contributed by atoms with van der Waals surface area (Å²) in [6, 6.07) is 4.27. The third-order valence-corrected chi connectivity index (χ3v) is 5.22. The van der Waals surface area contributed by atoms with Gasteiger partial charge in [-0.2, -0.15) is 0 Å². The van der Waals surface area contributed by atoms with Crippen molar-refractivity contribution in [2.45, 2.75) is 19.9 Å². The number of para-hydroxylation sites is 1. The Kier molecular flexibility index (Phi) is 6.19. The second kappa shape index (κ2) is 8.64. The topological polar surface area (TPSA) is 100 Å². The van der Waals surface area contributed by atoms with Crippen molar-refractivity contribution in [3.8, 4) is 11.5 Å².